The third-order valence-corrected chi connectivity index (χ3v) is 2.47. The van der Waals surface area contributed by atoms with Gasteiger partial charge in [-0.15, -0.1) is 0 Å². The minimum Gasteiger partial charge on any atom is -0.477 e. The van der Waals surface area contributed by atoms with Gasteiger partial charge in [0.15, 0.2) is 0 Å². The number of carboxylic acid groups (broad SMARTS) is 1. The molecule has 0 aliphatic carbocycles. The zero-order valence-corrected chi connectivity index (χ0v) is 10.1. The van der Waals surface area contributed by atoms with Crippen LogP contribution in [0.1, 0.15) is 22.0 Å². The Balaban J connectivity index is 2.20. The van der Waals surface area contributed by atoms with Crippen LogP contribution < -0.4 is 5.32 Å². The van der Waals surface area contributed by atoms with Crippen LogP contribution in [0, 0.1) is 6.92 Å². The lowest BCUT2D eigenvalue weighted by atomic mass is 10.3. The highest BCUT2D eigenvalue weighted by Gasteiger charge is 2.12. The van der Waals surface area contributed by atoms with E-state index in [1.54, 1.807) is 13.1 Å². The fraction of sp³-hybridized carbons (Fsp3) is 0.273. The molecule has 0 fully saturated rings. The van der Waals surface area contributed by atoms with E-state index in [0.717, 1.165) is 5.82 Å². The molecule has 0 amide bonds. The quantitative estimate of drug-likeness (QED) is 0.831. The molecule has 2 heterocycles. The van der Waals surface area contributed by atoms with Crippen molar-refractivity contribution in [3.05, 3.63) is 35.8 Å². The van der Waals surface area contributed by atoms with E-state index >= 15 is 0 Å². The standard InChI is InChI=1S/C11H13N5O2/c1-7-13-5-8(11(17)18)10(15-7)14-6-9-12-3-4-16(9)2/h3-5H,6H2,1-2H3,(H,17,18)(H,13,14,15). The van der Waals surface area contributed by atoms with Gasteiger partial charge in [0.25, 0.3) is 0 Å². The summed E-state index contributed by atoms with van der Waals surface area (Å²) in [5, 5.41) is 12.0. The zero-order valence-electron chi connectivity index (χ0n) is 10.1. The lowest BCUT2D eigenvalue weighted by molar-refractivity contribution is 0.0697. The Morgan fingerprint density at radius 1 is 1.50 bits per heavy atom. The van der Waals surface area contributed by atoms with E-state index in [1.165, 1.54) is 6.20 Å². The predicted molar refractivity (Wildman–Crippen MR) is 64.3 cm³/mol. The van der Waals surface area contributed by atoms with Gasteiger partial charge in [-0.25, -0.2) is 19.7 Å². The molecule has 0 atom stereocenters. The summed E-state index contributed by atoms with van der Waals surface area (Å²) >= 11 is 0. The average molecular weight is 247 g/mol. The number of anilines is 1. The Kier molecular flexibility index (Phi) is 3.22. The summed E-state index contributed by atoms with van der Waals surface area (Å²) in [5.41, 5.74) is 0.0507. The Hall–Kier alpha value is -2.44. The van der Waals surface area contributed by atoms with Crippen LogP contribution in [0.4, 0.5) is 5.82 Å². The largest absolute Gasteiger partial charge is 0.477 e. The number of nitrogens with one attached hydrogen (secondary N) is 1. The molecule has 2 aromatic heterocycles. The van der Waals surface area contributed by atoms with Crippen LogP contribution in [0.3, 0.4) is 0 Å². The number of aryl methyl sites for hydroxylation is 2. The molecule has 0 radical (unpaired) electrons. The molecule has 2 rings (SSSR count). The molecule has 0 aromatic carbocycles. The summed E-state index contributed by atoms with van der Waals surface area (Å²) in [4.78, 5) is 23.1. The SMILES string of the molecule is Cc1ncc(C(=O)O)c(NCc2nccn2C)n1. The van der Waals surface area contributed by atoms with Crippen molar-refractivity contribution in [3.63, 3.8) is 0 Å². The Morgan fingerprint density at radius 3 is 2.89 bits per heavy atom. The maximum absolute atomic E-state index is 11.0. The van der Waals surface area contributed by atoms with Gasteiger partial charge in [-0.2, -0.15) is 0 Å². The molecule has 0 aliphatic heterocycles. The second-order valence-electron chi connectivity index (χ2n) is 3.79. The molecule has 2 N–H and O–H groups in total. The normalized spacial score (nSPS) is 10.3. The minimum atomic E-state index is -1.06. The zero-order chi connectivity index (χ0) is 13.1. The third kappa shape index (κ3) is 2.45. The monoisotopic (exact) mass is 247 g/mol. The number of hydrogen-bond acceptors (Lipinski definition) is 5. The van der Waals surface area contributed by atoms with Crippen LogP contribution in [-0.4, -0.2) is 30.6 Å². The third-order valence-electron chi connectivity index (χ3n) is 2.47. The van der Waals surface area contributed by atoms with Crippen LogP contribution >= 0.6 is 0 Å². The Labute approximate surface area is 104 Å². The van der Waals surface area contributed by atoms with Gasteiger partial charge in [-0.3, -0.25) is 0 Å². The molecule has 18 heavy (non-hydrogen) atoms. The van der Waals surface area contributed by atoms with Gasteiger partial charge in [0.1, 0.15) is 23.0 Å². The number of nitrogens with zero attached hydrogens (tertiary/aromatic N) is 4. The van der Waals surface area contributed by atoms with E-state index in [2.05, 4.69) is 20.3 Å². The first kappa shape index (κ1) is 12.0. The van der Waals surface area contributed by atoms with Crippen molar-refractivity contribution in [1.29, 1.82) is 0 Å². The van der Waals surface area contributed by atoms with E-state index in [0.29, 0.717) is 18.2 Å². The van der Waals surface area contributed by atoms with Gasteiger partial charge in [-0.05, 0) is 6.92 Å². The van der Waals surface area contributed by atoms with Crippen molar-refractivity contribution >= 4 is 11.8 Å². The van der Waals surface area contributed by atoms with E-state index < -0.39 is 5.97 Å². The fourth-order valence-corrected chi connectivity index (χ4v) is 1.49. The minimum absolute atomic E-state index is 0.0507. The number of imidazole rings is 1. The highest BCUT2D eigenvalue weighted by Crippen LogP contribution is 2.12. The number of aromatic carboxylic acids is 1. The van der Waals surface area contributed by atoms with Crippen molar-refractivity contribution in [1.82, 2.24) is 19.5 Å². The molecule has 0 spiro atoms. The van der Waals surface area contributed by atoms with Crippen LogP contribution in [0.2, 0.25) is 0 Å². The molecule has 7 heteroatoms. The van der Waals surface area contributed by atoms with Gasteiger partial charge < -0.3 is 15.0 Å². The number of carbonyl (C=O) groups is 1. The van der Waals surface area contributed by atoms with Gasteiger partial charge in [0.2, 0.25) is 0 Å². The molecule has 0 saturated carbocycles. The van der Waals surface area contributed by atoms with Gasteiger partial charge in [0.05, 0.1) is 6.54 Å². The van der Waals surface area contributed by atoms with Crippen LogP contribution in [0.15, 0.2) is 18.6 Å². The average Bonchev–Trinajstić information content (AvgIpc) is 2.72. The molecule has 2 aromatic rings. The first-order valence-electron chi connectivity index (χ1n) is 5.35. The van der Waals surface area contributed by atoms with Crippen molar-refractivity contribution in [2.75, 3.05) is 5.32 Å². The smallest absolute Gasteiger partial charge is 0.341 e. The van der Waals surface area contributed by atoms with Gasteiger partial charge in [0, 0.05) is 25.6 Å². The second kappa shape index (κ2) is 4.82. The Morgan fingerprint density at radius 2 is 2.28 bits per heavy atom. The van der Waals surface area contributed by atoms with Crippen molar-refractivity contribution in [3.8, 4) is 0 Å². The van der Waals surface area contributed by atoms with Crippen molar-refractivity contribution in [2.24, 2.45) is 7.05 Å². The molecular formula is C11H13N5O2. The first-order valence-corrected chi connectivity index (χ1v) is 5.35. The summed E-state index contributed by atoms with van der Waals surface area (Å²) in [6.45, 7) is 2.11. The molecule has 0 unspecified atom stereocenters. The highest BCUT2D eigenvalue weighted by molar-refractivity contribution is 5.92. The van der Waals surface area contributed by atoms with E-state index in [9.17, 15) is 4.79 Å². The molecule has 7 nitrogen and oxygen atoms in total. The first-order chi connectivity index (χ1) is 8.58. The lowest BCUT2D eigenvalue weighted by Gasteiger charge is -2.08. The Bertz CT molecular complexity index is 579. The van der Waals surface area contributed by atoms with Crippen LogP contribution in [0.25, 0.3) is 0 Å². The lowest BCUT2D eigenvalue weighted by Crippen LogP contribution is -2.12. The summed E-state index contributed by atoms with van der Waals surface area (Å²) in [6, 6.07) is 0. The second-order valence-corrected chi connectivity index (χ2v) is 3.79. The summed E-state index contributed by atoms with van der Waals surface area (Å²) < 4.78 is 1.85. The number of aromatic nitrogens is 4. The maximum Gasteiger partial charge on any atom is 0.341 e. The highest BCUT2D eigenvalue weighted by atomic mass is 16.4. The van der Waals surface area contributed by atoms with Gasteiger partial charge in [-0.1, -0.05) is 0 Å². The van der Waals surface area contributed by atoms with E-state index in [-0.39, 0.29) is 5.56 Å². The predicted octanol–water partition coefficient (Wildman–Crippen LogP) is 0.829. The molecule has 0 bridgehead atoms. The van der Waals surface area contributed by atoms with Crippen LogP contribution in [-0.2, 0) is 13.6 Å². The number of rotatable bonds is 4. The molecule has 0 aliphatic rings. The van der Waals surface area contributed by atoms with Crippen molar-refractivity contribution in [2.45, 2.75) is 13.5 Å². The fourth-order valence-electron chi connectivity index (χ4n) is 1.49. The summed E-state index contributed by atoms with van der Waals surface area (Å²) in [6.07, 6.45) is 4.80. The van der Waals surface area contributed by atoms with Crippen molar-refractivity contribution < 1.29 is 9.90 Å². The van der Waals surface area contributed by atoms with E-state index in [4.69, 9.17) is 5.11 Å². The summed E-state index contributed by atoms with van der Waals surface area (Å²) in [7, 11) is 1.87. The van der Waals surface area contributed by atoms with Gasteiger partial charge >= 0.3 is 5.97 Å². The number of carboxylic acids is 1. The van der Waals surface area contributed by atoms with Crippen LogP contribution in [0.5, 0.6) is 0 Å². The number of hydrogen-bond donors (Lipinski definition) is 2. The maximum atomic E-state index is 11.0. The molecule has 94 valence electrons. The molecule has 0 saturated heterocycles. The topological polar surface area (TPSA) is 92.9 Å². The summed E-state index contributed by atoms with van der Waals surface area (Å²) in [5.74, 6) is 0.556. The van der Waals surface area contributed by atoms with E-state index in [1.807, 2.05) is 17.8 Å². The molecular weight excluding hydrogens is 234 g/mol.